The van der Waals surface area contributed by atoms with Crippen LogP contribution in [0.4, 0.5) is 0 Å². The number of carbonyl (C=O) groups is 1. The molecule has 3 nitrogen and oxygen atoms in total. The number of hydrogen-bond donors (Lipinski definition) is 2. The molecule has 0 saturated heterocycles. The van der Waals surface area contributed by atoms with Gasteiger partial charge >= 0.3 is 0 Å². The third-order valence-electron chi connectivity index (χ3n) is 2.37. The molecule has 0 bridgehead atoms. The van der Waals surface area contributed by atoms with Crippen molar-refractivity contribution in [2.45, 2.75) is 32.7 Å². The first-order valence-electron chi connectivity index (χ1n) is 5.14. The lowest BCUT2D eigenvalue weighted by Gasteiger charge is -2.15. The van der Waals surface area contributed by atoms with E-state index in [1.807, 2.05) is 25.3 Å². The second-order valence-electron chi connectivity index (χ2n) is 3.52. The predicted octanol–water partition coefficient (Wildman–Crippen LogP) is 1.95. The van der Waals surface area contributed by atoms with E-state index < -0.39 is 0 Å². The van der Waals surface area contributed by atoms with Crippen molar-refractivity contribution in [1.29, 1.82) is 0 Å². The fourth-order valence-electron chi connectivity index (χ4n) is 1.39. The largest absolute Gasteiger partial charge is 0.396 e. The molecule has 1 rings (SSSR count). The molecule has 0 saturated carbocycles. The molecular weight excluding hydrogens is 210 g/mol. The minimum absolute atomic E-state index is 0.0252. The van der Waals surface area contributed by atoms with Gasteiger partial charge in [-0.25, -0.2) is 0 Å². The van der Waals surface area contributed by atoms with E-state index in [0.29, 0.717) is 6.42 Å². The average Bonchev–Trinajstić information content (AvgIpc) is 2.63. The Balaban J connectivity index is 2.58. The van der Waals surface area contributed by atoms with Gasteiger partial charge in [-0.2, -0.15) is 0 Å². The van der Waals surface area contributed by atoms with Crippen LogP contribution in [0.1, 0.15) is 35.0 Å². The second-order valence-corrected chi connectivity index (χ2v) is 4.44. The summed E-state index contributed by atoms with van der Waals surface area (Å²) >= 11 is 1.45. The summed E-state index contributed by atoms with van der Waals surface area (Å²) in [5, 5.41) is 13.7. The fraction of sp³-hybridized carbons (Fsp3) is 0.545. The molecule has 2 N–H and O–H groups in total. The summed E-state index contributed by atoms with van der Waals surface area (Å²) in [6, 6.07) is 2.01. The monoisotopic (exact) mass is 227 g/mol. The minimum atomic E-state index is -0.0252. The van der Waals surface area contributed by atoms with Crippen LogP contribution >= 0.6 is 11.3 Å². The van der Waals surface area contributed by atoms with Crippen molar-refractivity contribution < 1.29 is 9.90 Å². The third-order valence-corrected chi connectivity index (χ3v) is 3.39. The molecular formula is C11H17NO2S. The number of aliphatic hydroxyl groups is 1. The van der Waals surface area contributed by atoms with Crippen molar-refractivity contribution in [2.75, 3.05) is 6.61 Å². The van der Waals surface area contributed by atoms with E-state index in [9.17, 15) is 4.79 Å². The Hall–Kier alpha value is -0.870. The summed E-state index contributed by atoms with van der Waals surface area (Å²) in [5.74, 6) is -0.0252. The molecule has 1 heterocycles. The van der Waals surface area contributed by atoms with Crippen molar-refractivity contribution in [3.05, 3.63) is 21.9 Å². The Kier molecular flexibility index (Phi) is 4.78. The van der Waals surface area contributed by atoms with Crippen LogP contribution in [-0.4, -0.2) is 23.7 Å². The Bertz CT molecular complexity index is 322. The SMILES string of the molecule is CCC(CCO)NC(=O)c1sccc1C. The zero-order valence-electron chi connectivity index (χ0n) is 9.12. The van der Waals surface area contributed by atoms with Crippen LogP contribution in [0.5, 0.6) is 0 Å². The Morgan fingerprint density at radius 1 is 1.67 bits per heavy atom. The van der Waals surface area contributed by atoms with Gasteiger partial charge in [-0.15, -0.1) is 11.3 Å². The fourth-order valence-corrected chi connectivity index (χ4v) is 2.22. The highest BCUT2D eigenvalue weighted by Gasteiger charge is 2.14. The molecule has 1 amide bonds. The molecule has 1 aromatic rings. The summed E-state index contributed by atoms with van der Waals surface area (Å²) in [6.45, 7) is 4.04. The van der Waals surface area contributed by atoms with E-state index in [2.05, 4.69) is 5.32 Å². The molecule has 84 valence electrons. The van der Waals surface area contributed by atoms with Gasteiger partial charge in [0.15, 0.2) is 0 Å². The smallest absolute Gasteiger partial charge is 0.261 e. The highest BCUT2D eigenvalue weighted by Crippen LogP contribution is 2.15. The van der Waals surface area contributed by atoms with Crippen molar-refractivity contribution in [3.8, 4) is 0 Å². The zero-order chi connectivity index (χ0) is 11.3. The highest BCUT2D eigenvalue weighted by atomic mass is 32.1. The zero-order valence-corrected chi connectivity index (χ0v) is 9.93. The Morgan fingerprint density at radius 2 is 2.40 bits per heavy atom. The number of nitrogens with one attached hydrogen (secondary N) is 1. The van der Waals surface area contributed by atoms with Gasteiger partial charge in [0.25, 0.3) is 5.91 Å². The number of hydrogen-bond acceptors (Lipinski definition) is 3. The number of aliphatic hydroxyl groups excluding tert-OH is 1. The lowest BCUT2D eigenvalue weighted by atomic mass is 10.1. The van der Waals surface area contributed by atoms with Gasteiger partial charge in [0, 0.05) is 12.6 Å². The van der Waals surface area contributed by atoms with Crippen LogP contribution in [0, 0.1) is 6.92 Å². The summed E-state index contributed by atoms with van der Waals surface area (Å²) in [7, 11) is 0. The van der Waals surface area contributed by atoms with Crippen molar-refractivity contribution >= 4 is 17.2 Å². The number of rotatable bonds is 5. The van der Waals surface area contributed by atoms with Crippen LogP contribution in [0.25, 0.3) is 0 Å². The summed E-state index contributed by atoms with van der Waals surface area (Å²) in [4.78, 5) is 12.6. The molecule has 15 heavy (non-hydrogen) atoms. The van der Waals surface area contributed by atoms with Crippen molar-refractivity contribution in [2.24, 2.45) is 0 Å². The molecule has 0 spiro atoms. The molecule has 1 unspecified atom stereocenters. The number of amides is 1. The first-order valence-corrected chi connectivity index (χ1v) is 6.02. The van der Waals surface area contributed by atoms with Gasteiger partial charge in [-0.1, -0.05) is 6.92 Å². The van der Waals surface area contributed by atoms with Crippen LogP contribution in [0.3, 0.4) is 0 Å². The Morgan fingerprint density at radius 3 is 2.87 bits per heavy atom. The van der Waals surface area contributed by atoms with Crippen LogP contribution in [0.15, 0.2) is 11.4 Å². The van der Waals surface area contributed by atoms with E-state index >= 15 is 0 Å². The number of aryl methyl sites for hydroxylation is 1. The van der Waals surface area contributed by atoms with Crippen molar-refractivity contribution in [1.82, 2.24) is 5.32 Å². The van der Waals surface area contributed by atoms with Gasteiger partial charge in [0.05, 0.1) is 4.88 Å². The molecule has 0 aliphatic carbocycles. The predicted molar refractivity (Wildman–Crippen MR) is 62.3 cm³/mol. The van der Waals surface area contributed by atoms with Gasteiger partial charge in [0.1, 0.15) is 0 Å². The van der Waals surface area contributed by atoms with E-state index in [-0.39, 0.29) is 18.6 Å². The first kappa shape index (κ1) is 12.2. The minimum Gasteiger partial charge on any atom is -0.396 e. The maximum atomic E-state index is 11.8. The molecule has 1 aromatic heterocycles. The van der Waals surface area contributed by atoms with Gasteiger partial charge < -0.3 is 10.4 Å². The lowest BCUT2D eigenvalue weighted by molar-refractivity contribution is 0.0932. The average molecular weight is 227 g/mol. The van der Waals surface area contributed by atoms with Crippen LogP contribution in [-0.2, 0) is 0 Å². The normalized spacial score (nSPS) is 12.5. The third kappa shape index (κ3) is 3.32. The Labute approximate surface area is 94.1 Å². The van der Waals surface area contributed by atoms with Crippen LogP contribution in [0.2, 0.25) is 0 Å². The quantitative estimate of drug-likeness (QED) is 0.807. The molecule has 1 atom stereocenters. The topological polar surface area (TPSA) is 49.3 Å². The summed E-state index contributed by atoms with van der Waals surface area (Å²) < 4.78 is 0. The number of thiophene rings is 1. The maximum absolute atomic E-state index is 11.8. The number of carbonyl (C=O) groups excluding carboxylic acids is 1. The van der Waals surface area contributed by atoms with Gasteiger partial charge in [0.2, 0.25) is 0 Å². The second kappa shape index (κ2) is 5.88. The molecule has 0 aromatic carbocycles. The van der Waals surface area contributed by atoms with Gasteiger partial charge in [-0.3, -0.25) is 4.79 Å². The van der Waals surface area contributed by atoms with Crippen LogP contribution < -0.4 is 5.32 Å². The molecule has 0 radical (unpaired) electrons. The standard InChI is InChI=1S/C11H17NO2S/c1-3-9(4-6-13)12-11(14)10-8(2)5-7-15-10/h5,7,9,13H,3-4,6H2,1-2H3,(H,12,14). The first-order chi connectivity index (χ1) is 7.19. The van der Waals surface area contributed by atoms with E-state index in [0.717, 1.165) is 16.9 Å². The molecule has 4 heteroatoms. The molecule has 0 aliphatic rings. The molecule has 0 fully saturated rings. The highest BCUT2D eigenvalue weighted by molar-refractivity contribution is 7.12. The summed E-state index contributed by atoms with van der Waals surface area (Å²) in [6.07, 6.45) is 1.46. The maximum Gasteiger partial charge on any atom is 0.261 e. The lowest BCUT2D eigenvalue weighted by Crippen LogP contribution is -2.34. The summed E-state index contributed by atoms with van der Waals surface area (Å²) in [5.41, 5.74) is 1.01. The van der Waals surface area contributed by atoms with E-state index in [1.54, 1.807) is 0 Å². The van der Waals surface area contributed by atoms with E-state index in [1.165, 1.54) is 11.3 Å². The van der Waals surface area contributed by atoms with Crippen molar-refractivity contribution in [3.63, 3.8) is 0 Å². The van der Waals surface area contributed by atoms with Gasteiger partial charge in [-0.05, 0) is 36.8 Å². The molecule has 0 aliphatic heterocycles. The van der Waals surface area contributed by atoms with E-state index in [4.69, 9.17) is 5.11 Å².